The van der Waals surface area contributed by atoms with Crippen LogP contribution in [0.2, 0.25) is 0 Å². The van der Waals surface area contributed by atoms with E-state index in [-0.39, 0.29) is 0 Å². The van der Waals surface area contributed by atoms with E-state index in [0.29, 0.717) is 0 Å². The predicted octanol–water partition coefficient (Wildman–Crippen LogP) is 8.89. The molecule has 144 valence electrons. The van der Waals surface area contributed by atoms with Crippen molar-refractivity contribution < 1.29 is 0 Å². The van der Waals surface area contributed by atoms with Crippen molar-refractivity contribution in [3.8, 4) is 0 Å². The fraction of sp³-hybridized carbons (Fsp3) is 0. The maximum atomic E-state index is 4.91. The summed E-state index contributed by atoms with van der Waals surface area (Å²) in [6.45, 7) is 0. The van der Waals surface area contributed by atoms with Crippen LogP contribution in [-0.2, 0) is 0 Å². The van der Waals surface area contributed by atoms with Gasteiger partial charge in [-0.05, 0) is 70.7 Å². The number of fused-ring (bicyclic) bond motifs is 11. The average molecular weight is 411 g/mol. The van der Waals surface area contributed by atoms with Crippen LogP contribution in [-0.4, -0.2) is 0 Å². The zero-order valence-electron chi connectivity index (χ0n) is 16.8. The van der Waals surface area contributed by atoms with E-state index in [1.54, 1.807) is 0 Å². The van der Waals surface area contributed by atoms with Crippen LogP contribution in [0.4, 0.5) is 0 Å². The molecule has 0 saturated carbocycles. The van der Waals surface area contributed by atoms with Crippen molar-refractivity contribution in [2.45, 2.75) is 4.90 Å². The molecule has 0 radical (unpaired) electrons. The Kier molecular flexibility index (Phi) is 3.45. The predicted molar refractivity (Wildman–Crippen MR) is 139 cm³/mol. The Morgan fingerprint density at radius 3 is 1.48 bits per heavy atom. The second kappa shape index (κ2) is 6.23. The molecule has 0 aliphatic rings. The van der Waals surface area contributed by atoms with Crippen molar-refractivity contribution in [3.63, 3.8) is 0 Å². The van der Waals surface area contributed by atoms with E-state index in [0.717, 1.165) is 4.90 Å². The van der Waals surface area contributed by atoms with Crippen molar-refractivity contribution in [3.05, 3.63) is 103 Å². The summed E-state index contributed by atoms with van der Waals surface area (Å²) in [5.41, 5.74) is 0. The van der Waals surface area contributed by atoms with Crippen LogP contribution in [0.3, 0.4) is 0 Å². The Morgan fingerprint density at radius 1 is 0.355 bits per heavy atom. The van der Waals surface area contributed by atoms with Crippen molar-refractivity contribution in [1.82, 2.24) is 0 Å². The SMILES string of the molecule is Sc1cc2ccc3ccc4ccccc4c3c2c2c1ccc1ccc3ccccc3c12. The van der Waals surface area contributed by atoms with Gasteiger partial charge in [0.1, 0.15) is 0 Å². The van der Waals surface area contributed by atoms with Gasteiger partial charge in [0.05, 0.1) is 0 Å². The first-order valence-corrected chi connectivity index (χ1v) is 11.0. The van der Waals surface area contributed by atoms with E-state index >= 15 is 0 Å². The maximum Gasteiger partial charge on any atom is 0.0125 e. The highest BCUT2D eigenvalue weighted by atomic mass is 32.1. The van der Waals surface area contributed by atoms with Crippen LogP contribution < -0.4 is 0 Å². The van der Waals surface area contributed by atoms with Crippen LogP contribution in [0.5, 0.6) is 0 Å². The lowest BCUT2D eigenvalue weighted by molar-refractivity contribution is 1.62. The summed E-state index contributed by atoms with van der Waals surface area (Å²) in [4.78, 5) is 1.02. The molecule has 31 heavy (non-hydrogen) atoms. The highest BCUT2D eigenvalue weighted by Crippen LogP contribution is 2.43. The average Bonchev–Trinajstić information content (AvgIpc) is 2.83. The molecule has 0 aromatic heterocycles. The molecule has 7 aromatic carbocycles. The van der Waals surface area contributed by atoms with Gasteiger partial charge in [-0.1, -0.05) is 97.1 Å². The monoisotopic (exact) mass is 410 g/mol. The lowest BCUT2D eigenvalue weighted by atomic mass is 9.89. The number of hydrogen-bond acceptors (Lipinski definition) is 1. The third-order valence-electron chi connectivity index (χ3n) is 6.67. The van der Waals surface area contributed by atoms with E-state index in [1.807, 2.05) is 0 Å². The summed E-state index contributed by atoms with van der Waals surface area (Å²) in [7, 11) is 0. The Labute approximate surface area is 185 Å². The van der Waals surface area contributed by atoms with Gasteiger partial charge in [0, 0.05) is 4.90 Å². The van der Waals surface area contributed by atoms with Gasteiger partial charge >= 0.3 is 0 Å². The Hall–Kier alpha value is -3.55. The summed E-state index contributed by atoms with van der Waals surface area (Å²) in [5, 5.41) is 15.4. The first-order valence-electron chi connectivity index (χ1n) is 10.6. The Balaban J connectivity index is 1.91. The topological polar surface area (TPSA) is 0 Å². The number of benzene rings is 7. The highest BCUT2D eigenvalue weighted by molar-refractivity contribution is 7.80. The van der Waals surface area contributed by atoms with Gasteiger partial charge in [-0.2, -0.15) is 0 Å². The van der Waals surface area contributed by atoms with Crippen LogP contribution in [0.1, 0.15) is 0 Å². The lowest BCUT2D eigenvalue weighted by Gasteiger charge is -2.15. The lowest BCUT2D eigenvalue weighted by Crippen LogP contribution is -1.87. The largest absolute Gasteiger partial charge is 0.143 e. The second-order valence-electron chi connectivity index (χ2n) is 8.32. The fourth-order valence-corrected chi connectivity index (χ4v) is 5.62. The second-order valence-corrected chi connectivity index (χ2v) is 8.80. The zero-order valence-corrected chi connectivity index (χ0v) is 17.7. The molecule has 0 aliphatic carbocycles. The van der Waals surface area contributed by atoms with Gasteiger partial charge in [-0.3, -0.25) is 0 Å². The molecule has 0 spiro atoms. The minimum atomic E-state index is 1.02. The minimum absolute atomic E-state index is 1.02. The molecule has 0 amide bonds. The summed E-state index contributed by atoms with van der Waals surface area (Å²) in [6.07, 6.45) is 0. The molecule has 0 bridgehead atoms. The van der Waals surface area contributed by atoms with Crippen molar-refractivity contribution >= 4 is 77.3 Å². The smallest absolute Gasteiger partial charge is 0.0125 e. The van der Waals surface area contributed by atoms with E-state index in [9.17, 15) is 0 Å². The molecule has 0 atom stereocenters. The van der Waals surface area contributed by atoms with Crippen molar-refractivity contribution in [2.75, 3.05) is 0 Å². The van der Waals surface area contributed by atoms with Gasteiger partial charge < -0.3 is 0 Å². The van der Waals surface area contributed by atoms with Crippen molar-refractivity contribution in [2.24, 2.45) is 0 Å². The maximum absolute atomic E-state index is 4.91. The molecule has 7 rings (SSSR count). The van der Waals surface area contributed by atoms with Gasteiger partial charge in [0.25, 0.3) is 0 Å². The molecule has 0 aliphatic heterocycles. The van der Waals surface area contributed by atoms with Crippen LogP contribution >= 0.6 is 12.6 Å². The van der Waals surface area contributed by atoms with Gasteiger partial charge in [0.15, 0.2) is 0 Å². The molecule has 1 heteroatoms. The summed E-state index contributed by atoms with van der Waals surface area (Å²) in [6, 6.07) is 37.6. The molecule has 7 aromatic rings. The molecule has 0 N–H and O–H groups in total. The highest BCUT2D eigenvalue weighted by Gasteiger charge is 2.14. The Bertz CT molecular complexity index is 1840. The normalized spacial score (nSPS) is 12.0. The number of thiol groups is 1. The van der Waals surface area contributed by atoms with Crippen LogP contribution in [0.15, 0.2) is 108 Å². The molecule has 0 nitrogen and oxygen atoms in total. The molecule has 0 unspecified atom stereocenters. The summed E-state index contributed by atoms with van der Waals surface area (Å²) in [5.74, 6) is 0. The third kappa shape index (κ3) is 2.33. The Morgan fingerprint density at radius 2 is 0.839 bits per heavy atom. The van der Waals surface area contributed by atoms with Crippen LogP contribution in [0.25, 0.3) is 64.6 Å². The molecule has 0 saturated heterocycles. The van der Waals surface area contributed by atoms with Gasteiger partial charge in [0.2, 0.25) is 0 Å². The van der Waals surface area contributed by atoms with Gasteiger partial charge in [-0.25, -0.2) is 0 Å². The van der Waals surface area contributed by atoms with E-state index in [1.165, 1.54) is 64.6 Å². The van der Waals surface area contributed by atoms with E-state index in [4.69, 9.17) is 12.6 Å². The quantitative estimate of drug-likeness (QED) is 0.187. The molecular formula is C30H18S. The number of rotatable bonds is 0. The van der Waals surface area contributed by atoms with Crippen molar-refractivity contribution in [1.29, 1.82) is 0 Å². The first kappa shape index (κ1) is 17.2. The summed E-state index contributed by atoms with van der Waals surface area (Å²) < 4.78 is 0. The molecule has 0 fully saturated rings. The number of hydrogen-bond donors (Lipinski definition) is 1. The first-order chi connectivity index (χ1) is 15.3. The third-order valence-corrected chi connectivity index (χ3v) is 7.04. The summed E-state index contributed by atoms with van der Waals surface area (Å²) >= 11 is 4.91. The van der Waals surface area contributed by atoms with E-state index in [2.05, 4.69) is 103 Å². The van der Waals surface area contributed by atoms with Gasteiger partial charge in [-0.15, -0.1) is 12.6 Å². The van der Waals surface area contributed by atoms with E-state index < -0.39 is 0 Å². The van der Waals surface area contributed by atoms with Crippen LogP contribution in [0, 0.1) is 0 Å². The fourth-order valence-electron chi connectivity index (χ4n) is 5.30. The minimum Gasteiger partial charge on any atom is -0.143 e. The standard InChI is InChI=1S/C30H18S/c31-26-17-22-14-13-20-11-9-18-5-1-3-7-23(18)27(20)29(22)30-25(26)16-15-21-12-10-19-6-2-4-8-24(19)28(21)30/h1-17,31H. The zero-order chi connectivity index (χ0) is 20.5. The molecular weight excluding hydrogens is 392 g/mol. The molecule has 0 heterocycles.